The molecule has 0 atom stereocenters. The molecule has 0 bridgehead atoms. The largest absolute Gasteiger partial charge is 0.310 e. The molecule has 110 valence electrons. The summed E-state index contributed by atoms with van der Waals surface area (Å²) in [5, 5.41) is 3.45. The van der Waals surface area contributed by atoms with E-state index in [-0.39, 0.29) is 0 Å². The molecule has 2 aromatic carbocycles. The third-order valence-corrected chi connectivity index (χ3v) is 4.03. The lowest BCUT2D eigenvalue weighted by Crippen LogP contribution is -2.15. The first-order chi connectivity index (χ1) is 10.1. The van der Waals surface area contributed by atoms with Gasteiger partial charge in [0.15, 0.2) is 11.6 Å². The van der Waals surface area contributed by atoms with Crippen LogP contribution >= 0.6 is 0 Å². The average Bonchev–Trinajstić information content (AvgIpc) is 3.28. The van der Waals surface area contributed by atoms with Gasteiger partial charge in [-0.05, 0) is 48.9 Å². The minimum atomic E-state index is -0.762. The van der Waals surface area contributed by atoms with Gasteiger partial charge in [-0.2, -0.15) is 0 Å². The highest BCUT2D eigenvalue weighted by molar-refractivity contribution is 5.68. The fourth-order valence-corrected chi connectivity index (χ4v) is 2.54. The first kappa shape index (κ1) is 14.2. The smallest absolute Gasteiger partial charge is 0.166 e. The van der Waals surface area contributed by atoms with E-state index in [1.54, 1.807) is 19.1 Å². The lowest BCUT2D eigenvalue weighted by atomic mass is 9.97. The third-order valence-electron chi connectivity index (χ3n) is 4.03. The maximum absolute atomic E-state index is 14.1. The molecule has 1 aliphatic carbocycles. The highest BCUT2D eigenvalue weighted by Gasteiger charge is 2.20. The van der Waals surface area contributed by atoms with Gasteiger partial charge in [-0.1, -0.05) is 30.3 Å². The van der Waals surface area contributed by atoms with Gasteiger partial charge in [0.1, 0.15) is 0 Å². The van der Waals surface area contributed by atoms with Crippen molar-refractivity contribution in [3.8, 4) is 11.1 Å². The van der Waals surface area contributed by atoms with Crippen LogP contribution in [0.1, 0.15) is 29.5 Å². The zero-order valence-electron chi connectivity index (χ0n) is 12.3. The van der Waals surface area contributed by atoms with Crippen molar-refractivity contribution < 1.29 is 8.78 Å². The normalized spacial score (nSPS) is 14.5. The van der Waals surface area contributed by atoms with Crippen LogP contribution in [0.15, 0.2) is 30.3 Å². The standard InChI is InChI=1S/C18H19F2N/c1-11-3-7-16(18(20)17(11)19)15-8-4-13(9-12(15)2)10-21-14-5-6-14/h3-4,7-9,14,21H,5-6,10H2,1-2H3. The van der Waals surface area contributed by atoms with Crippen molar-refractivity contribution in [3.05, 3.63) is 58.7 Å². The number of aryl methyl sites for hydroxylation is 2. The molecule has 3 heteroatoms. The molecule has 2 aromatic rings. The second-order valence-corrected chi connectivity index (χ2v) is 5.86. The Hall–Kier alpha value is -1.74. The average molecular weight is 287 g/mol. The summed E-state index contributed by atoms with van der Waals surface area (Å²) in [4.78, 5) is 0. The molecule has 1 nitrogen and oxygen atoms in total. The van der Waals surface area contributed by atoms with Gasteiger partial charge in [0, 0.05) is 18.2 Å². The molecule has 0 amide bonds. The number of halogens is 2. The van der Waals surface area contributed by atoms with Gasteiger partial charge in [-0.25, -0.2) is 8.78 Å². The first-order valence-electron chi connectivity index (χ1n) is 7.34. The molecule has 0 aliphatic heterocycles. The molecule has 0 aromatic heterocycles. The van der Waals surface area contributed by atoms with Crippen molar-refractivity contribution >= 4 is 0 Å². The number of hydrogen-bond donors (Lipinski definition) is 1. The van der Waals surface area contributed by atoms with Gasteiger partial charge in [-0.15, -0.1) is 0 Å². The van der Waals surface area contributed by atoms with Crippen LogP contribution in [0.2, 0.25) is 0 Å². The van der Waals surface area contributed by atoms with E-state index >= 15 is 0 Å². The molecule has 1 fully saturated rings. The molecule has 1 aliphatic rings. The third kappa shape index (κ3) is 2.98. The predicted molar refractivity (Wildman–Crippen MR) is 81.1 cm³/mol. The van der Waals surface area contributed by atoms with E-state index in [0.717, 1.165) is 17.7 Å². The summed E-state index contributed by atoms with van der Waals surface area (Å²) in [6.07, 6.45) is 2.51. The second-order valence-electron chi connectivity index (χ2n) is 5.86. The van der Waals surface area contributed by atoms with Crippen molar-refractivity contribution in [2.24, 2.45) is 0 Å². The Balaban J connectivity index is 1.89. The van der Waals surface area contributed by atoms with Gasteiger partial charge in [0.05, 0.1) is 0 Å². The lowest BCUT2D eigenvalue weighted by molar-refractivity contribution is 0.505. The van der Waals surface area contributed by atoms with Crippen LogP contribution in [0.5, 0.6) is 0 Å². The number of rotatable bonds is 4. The zero-order chi connectivity index (χ0) is 15.0. The van der Waals surface area contributed by atoms with E-state index in [9.17, 15) is 8.78 Å². The van der Waals surface area contributed by atoms with Crippen molar-refractivity contribution in [3.63, 3.8) is 0 Å². The predicted octanol–water partition coefficient (Wildman–Crippen LogP) is 4.50. The van der Waals surface area contributed by atoms with Gasteiger partial charge in [0.25, 0.3) is 0 Å². The Kier molecular flexibility index (Phi) is 3.77. The Morgan fingerprint density at radius 1 is 0.952 bits per heavy atom. The van der Waals surface area contributed by atoms with Crippen LogP contribution in [0.25, 0.3) is 11.1 Å². The molecule has 3 rings (SSSR count). The van der Waals surface area contributed by atoms with Gasteiger partial charge >= 0.3 is 0 Å². The van der Waals surface area contributed by atoms with E-state index in [4.69, 9.17) is 0 Å². The Bertz CT molecular complexity index is 675. The summed E-state index contributed by atoms with van der Waals surface area (Å²) in [6, 6.07) is 9.84. The van der Waals surface area contributed by atoms with E-state index < -0.39 is 11.6 Å². The maximum Gasteiger partial charge on any atom is 0.166 e. The van der Waals surface area contributed by atoms with Gasteiger partial charge in [0.2, 0.25) is 0 Å². The van der Waals surface area contributed by atoms with Crippen molar-refractivity contribution in [2.45, 2.75) is 39.3 Å². The summed E-state index contributed by atoms with van der Waals surface area (Å²) < 4.78 is 27.8. The zero-order valence-corrected chi connectivity index (χ0v) is 12.3. The number of benzene rings is 2. The summed E-state index contributed by atoms with van der Waals surface area (Å²) in [7, 11) is 0. The Labute approximate surface area is 124 Å². The highest BCUT2D eigenvalue weighted by atomic mass is 19.2. The fraction of sp³-hybridized carbons (Fsp3) is 0.333. The molecule has 1 saturated carbocycles. The minimum Gasteiger partial charge on any atom is -0.310 e. The molecule has 0 unspecified atom stereocenters. The first-order valence-corrected chi connectivity index (χ1v) is 7.34. The summed E-state index contributed by atoms with van der Waals surface area (Å²) in [5.74, 6) is -1.52. The number of hydrogen-bond acceptors (Lipinski definition) is 1. The van der Waals surface area contributed by atoms with Crippen LogP contribution in [0, 0.1) is 25.5 Å². The van der Waals surface area contributed by atoms with Crippen LogP contribution in [0.4, 0.5) is 8.78 Å². The van der Waals surface area contributed by atoms with E-state index in [1.165, 1.54) is 18.4 Å². The minimum absolute atomic E-state index is 0.331. The maximum atomic E-state index is 14.1. The molecule has 0 saturated heterocycles. The Morgan fingerprint density at radius 2 is 1.67 bits per heavy atom. The van der Waals surface area contributed by atoms with Crippen LogP contribution in [0.3, 0.4) is 0 Å². The van der Waals surface area contributed by atoms with E-state index in [1.807, 2.05) is 25.1 Å². The SMILES string of the molecule is Cc1cc(CNC2CC2)ccc1-c1ccc(C)c(F)c1F. The van der Waals surface area contributed by atoms with Gasteiger partial charge in [-0.3, -0.25) is 0 Å². The van der Waals surface area contributed by atoms with Crippen molar-refractivity contribution in [1.29, 1.82) is 0 Å². The molecule has 1 N–H and O–H groups in total. The van der Waals surface area contributed by atoms with Gasteiger partial charge < -0.3 is 5.32 Å². The lowest BCUT2D eigenvalue weighted by Gasteiger charge is -2.11. The quantitative estimate of drug-likeness (QED) is 0.873. The van der Waals surface area contributed by atoms with E-state index in [0.29, 0.717) is 17.2 Å². The van der Waals surface area contributed by atoms with Crippen molar-refractivity contribution in [2.75, 3.05) is 0 Å². The monoisotopic (exact) mass is 287 g/mol. The fourth-order valence-electron chi connectivity index (χ4n) is 2.54. The summed E-state index contributed by atoms with van der Waals surface area (Å²) in [6.45, 7) is 4.34. The van der Waals surface area contributed by atoms with Crippen LogP contribution in [-0.4, -0.2) is 6.04 Å². The highest BCUT2D eigenvalue weighted by Crippen LogP contribution is 2.29. The molecular weight excluding hydrogens is 268 g/mol. The summed E-state index contributed by atoms with van der Waals surface area (Å²) in [5.41, 5.74) is 3.56. The molecule has 21 heavy (non-hydrogen) atoms. The van der Waals surface area contributed by atoms with Crippen molar-refractivity contribution in [1.82, 2.24) is 5.32 Å². The van der Waals surface area contributed by atoms with Crippen LogP contribution < -0.4 is 5.32 Å². The van der Waals surface area contributed by atoms with E-state index in [2.05, 4.69) is 5.32 Å². The topological polar surface area (TPSA) is 12.0 Å². The molecule has 0 radical (unpaired) electrons. The second kappa shape index (κ2) is 5.57. The molecule has 0 heterocycles. The molecule has 0 spiro atoms. The summed E-state index contributed by atoms with van der Waals surface area (Å²) >= 11 is 0. The van der Waals surface area contributed by atoms with Crippen LogP contribution in [-0.2, 0) is 6.54 Å². The molecular formula is C18H19F2N. The number of nitrogens with one attached hydrogen (secondary N) is 1. The Morgan fingerprint density at radius 3 is 2.33 bits per heavy atom.